The molecule has 0 aromatic carbocycles. The number of ether oxygens (including phenoxy) is 2. The molecule has 3 rings (SSSR count). The summed E-state index contributed by atoms with van der Waals surface area (Å²) >= 11 is 0. The van der Waals surface area contributed by atoms with Gasteiger partial charge in [-0.3, -0.25) is 0 Å². The zero-order chi connectivity index (χ0) is 17.6. The molecule has 0 bridgehead atoms. The van der Waals surface area contributed by atoms with Gasteiger partial charge >= 0.3 is 5.97 Å². The summed E-state index contributed by atoms with van der Waals surface area (Å²) in [6.07, 6.45) is 2.96. The molecule has 0 saturated carbocycles. The predicted octanol–water partition coefficient (Wildman–Crippen LogP) is 2.04. The topological polar surface area (TPSA) is 104 Å². The minimum absolute atomic E-state index is 0.0503. The van der Waals surface area contributed by atoms with E-state index in [4.69, 9.17) is 18.4 Å². The molecule has 0 radical (unpaired) electrons. The van der Waals surface area contributed by atoms with E-state index in [9.17, 15) is 4.79 Å². The first-order valence-corrected chi connectivity index (χ1v) is 7.78. The molecule has 9 nitrogen and oxygen atoms in total. The summed E-state index contributed by atoms with van der Waals surface area (Å²) in [7, 11) is 1.62. The number of aromatic nitrogens is 3. The maximum absolute atomic E-state index is 12.2. The van der Waals surface area contributed by atoms with Crippen LogP contribution in [-0.4, -0.2) is 48.0 Å². The van der Waals surface area contributed by atoms with Crippen molar-refractivity contribution in [1.82, 2.24) is 15.1 Å². The second-order valence-corrected chi connectivity index (χ2v) is 5.12. The van der Waals surface area contributed by atoms with Crippen molar-refractivity contribution in [3.63, 3.8) is 0 Å². The summed E-state index contributed by atoms with van der Waals surface area (Å²) in [5.74, 6) is 0.668. The Hall–Kier alpha value is -2.94. The van der Waals surface area contributed by atoms with Crippen LogP contribution < -0.4 is 4.90 Å². The maximum Gasteiger partial charge on any atom is 0.361 e. The van der Waals surface area contributed by atoms with Crippen molar-refractivity contribution in [3.05, 3.63) is 36.2 Å². The molecule has 9 heteroatoms. The van der Waals surface area contributed by atoms with Gasteiger partial charge in [0.15, 0.2) is 0 Å². The van der Waals surface area contributed by atoms with Crippen molar-refractivity contribution in [1.29, 1.82) is 0 Å². The zero-order valence-electron chi connectivity index (χ0n) is 14.0. The van der Waals surface area contributed by atoms with Gasteiger partial charge in [-0.2, -0.15) is 4.98 Å². The van der Waals surface area contributed by atoms with Gasteiger partial charge in [-0.25, -0.2) is 9.78 Å². The third-order valence-corrected chi connectivity index (χ3v) is 3.51. The lowest BCUT2D eigenvalue weighted by atomic mass is 10.2. The molecule has 0 aliphatic carbocycles. The van der Waals surface area contributed by atoms with Crippen molar-refractivity contribution in [2.24, 2.45) is 0 Å². The molecule has 132 valence electrons. The number of hydrogen-bond donors (Lipinski definition) is 0. The van der Waals surface area contributed by atoms with Crippen molar-refractivity contribution in [2.75, 3.05) is 31.8 Å². The van der Waals surface area contributed by atoms with Gasteiger partial charge in [0, 0.05) is 13.7 Å². The highest BCUT2D eigenvalue weighted by Crippen LogP contribution is 2.28. The Morgan fingerprint density at radius 2 is 2.24 bits per heavy atom. The van der Waals surface area contributed by atoms with Gasteiger partial charge in [-0.1, -0.05) is 5.16 Å². The molecule has 0 aliphatic rings. The van der Waals surface area contributed by atoms with Crippen LogP contribution in [0.4, 0.5) is 5.82 Å². The van der Waals surface area contributed by atoms with Gasteiger partial charge < -0.3 is 23.3 Å². The van der Waals surface area contributed by atoms with Crippen molar-refractivity contribution in [3.8, 4) is 0 Å². The normalized spacial score (nSPS) is 11.0. The van der Waals surface area contributed by atoms with Crippen LogP contribution in [0.3, 0.4) is 0 Å². The van der Waals surface area contributed by atoms with E-state index in [0.29, 0.717) is 30.9 Å². The fourth-order valence-electron chi connectivity index (χ4n) is 2.40. The molecule has 0 atom stereocenters. The molecule has 0 spiro atoms. The number of carbonyl (C=O) groups excluding carboxylic acids is 1. The smallest absolute Gasteiger partial charge is 0.361 e. The second-order valence-electron chi connectivity index (χ2n) is 5.12. The zero-order valence-corrected chi connectivity index (χ0v) is 14.0. The Morgan fingerprint density at radius 3 is 2.96 bits per heavy atom. The Balaban J connectivity index is 2.03. The number of esters is 1. The van der Waals surface area contributed by atoms with Crippen LogP contribution in [0.1, 0.15) is 23.2 Å². The van der Waals surface area contributed by atoms with Crippen LogP contribution in [0.5, 0.6) is 0 Å². The molecule has 0 amide bonds. The first-order chi connectivity index (χ1) is 12.2. The average molecular weight is 346 g/mol. The molecule has 25 heavy (non-hydrogen) atoms. The third-order valence-electron chi connectivity index (χ3n) is 3.51. The molecule has 0 N–H and O–H groups in total. The maximum atomic E-state index is 12.2. The lowest BCUT2D eigenvalue weighted by Gasteiger charge is -2.22. The van der Waals surface area contributed by atoms with E-state index in [-0.39, 0.29) is 18.0 Å². The van der Waals surface area contributed by atoms with E-state index < -0.39 is 5.97 Å². The van der Waals surface area contributed by atoms with Crippen molar-refractivity contribution in [2.45, 2.75) is 13.5 Å². The quantitative estimate of drug-likeness (QED) is 0.567. The highest BCUT2D eigenvalue weighted by atomic mass is 16.5. The second kappa shape index (κ2) is 7.75. The lowest BCUT2D eigenvalue weighted by molar-refractivity contribution is 0.0517. The van der Waals surface area contributed by atoms with Gasteiger partial charge in [0.05, 0.1) is 26.0 Å². The molecule has 3 aromatic heterocycles. The summed E-state index contributed by atoms with van der Waals surface area (Å²) in [5, 5.41) is 4.21. The van der Waals surface area contributed by atoms with Crippen LogP contribution >= 0.6 is 0 Å². The number of carbonyl (C=O) groups is 1. The standard InChI is InChI=1S/C16H18N4O5/c1-3-23-16(21)13-12-14(17-10-18-15(12)25-19-13)20(6-8-22-2)9-11-5-4-7-24-11/h4-5,7,10H,3,6,8-9H2,1-2H3. The number of methoxy groups -OCH3 is 1. The number of furan rings is 1. The minimum Gasteiger partial charge on any atom is -0.467 e. The Bertz CT molecular complexity index is 830. The van der Waals surface area contributed by atoms with Crippen molar-refractivity contribution >= 4 is 22.9 Å². The van der Waals surface area contributed by atoms with Gasteiger partial charge in [0.25, 0.3) is 5.71 Å². The number of hydrogen-bond acceptors (Lipinski definition) is 9. The first kappa shape index (κ1) is 16.9. The fraction of sp³-hybridized carbons (Fsp3) is 0.375. The van der Waals surface area contributed by atoms with Crippen LogP contribution in [0, 0.1) is 0 Å². The number of rotatable bonds is 8. The number of fused-ring (bicyclic) bond motifs is 1. The monoisotopic (exact) mass is 346 g/mol. The third kappa shape index (κ3) is 3.61. The van der Waals surface area contributed by atoms with Gasteiger partial charge in [0.1, 0.15) is 23.3 Å². The number of anilines is 1. The number of nitrogens with zero attached hydrogens (tertiary/aromatic N) is 4. The first-order valence-electron chi connectivity index (χ1n) is 7.78. The summed E-state index contributed by atoms with van der Waals surface area (Å²) in [5.41, 5.74) is 0.268. The Labute approximate surface area is 143 Å². The largest absolute Gasteiger partial charge is 0.467 e. The summed E-state index contributed by atoms with van der Waals surface area (Å²) in [6.45, 7) is 3.38. The fourth-order valence-corrected chi connectivity index (χ4v) is 2.40. The van der Waals surface area contributed by atoms with E-state index in [1.165, 1.54) is 6.33 Å². The molecule has 3 aromatic rings. The molecular weight excluding hydrogens is 328 g/mol. The van der Waals surface area contributed by atoms with Gasteiger partial charge in [-0.05, 0) is 19.1 Å². The van der Waals surface area contributed by atoms with Crippen LogP contribution in [0.25, 0.3) is 11.1 Å². The van der Waals surface area contributed by atoms with E-state index in [0.717, 1.165) is 5.76 Å². The van der Waals surface area contributed by atoms with Crippen LogP contribution in [0.15, 0.2) is 33.7 Å². The van der Waals surface area contributed by atoms with E-state index >= 15 is 0 Å². The SMILES string of the molecule is CCOC(=O)c1noc2ncnc(N(CCOC)Cc3ccco3)c12. The highest BCUT2D eigenvalue weighted by molar-refractivity contribution is 6.04. The molecular formula is C16H18N4O5. The Kier molecular flexibility index (Phi) is 5.24. The molecule has 0 saturated heterocycles. The molecule has 0 unspecified atom stereocenters. The summed E-state index contributed by atoms with van der Waals surface area (Å²) in [4.78, 5) is 22.4. The van der Waals surface area contributed by atoms with E-state index in [1.807, 2.05) is 17.0 Å². The molecule has 0 fully saturated rings. The van der Waals surface area contributed by atoms with Crippen molar-refractivity contribution < 1.29 is 23.2 Å². The highest BCUT2D eigenvalue weighted by Gasteiger charge is 2.25. The van der Waals surface area contributed by atoms with E-state index in [1.54, 1.807) is 20.3 Å². The lowest BCUT2D eigenvalue weighted by Crippen LogP contribution is -2.28. The van der Waals surface area contributed by atoms with Crippen LogP contribution in [0.2, 0.25) is 0 Å². The summed E-state index contributed by atoms with van der Waals surface area (Å²) < 4.78 is 20.8. The average Bonchev–Trinajstić information content (AvgIpc) is 3.28. The molecule has 3 heterocycles. The van der Waals surface area contributed by atoms with Gasteiger partial charge in [-0.15, -0.1) is 0 Å². The Morgan fingerprint density at radius 1 is 1.36 bits per heavy atom. The summed E-state index contributed by atoms with van der Waals surface area (Å²) in [6, 6.07) is 3.67. The predicted molar refractivity (Wildman–Crippen MR) is 87.2 cm³/mol. The van der Waals surface area contributed by atoms with Gasteiger partial charge in [0.2, 0.25) is 5.69 Å². The molecule has 0 aliphatic heterocycles. The van der Waals surface area contributed by atoms with Crippen LogP contribution in [-0.2, 0) is 16.0 Å². The minimum atomic E-state index is -0.581. The van der Waals surface area contributed by atoms with E-state index in [2.05, 4.69) is 15.1 Å².